The van der Waals surface area contributed by atoms with Crippen molar-refractivity contribution in [1.82, 2.24) is 19.7 Å². The number of allylic oxidation sites excluding steroid dienone is 1. The monoisotopic (exact) mass is 469 g/mol. The summed E-state index contributed by atoms with van der Waals surface area (Å²) in [4.78, 5) is 34.3. The van der Waals surface area contributed by atoms with E-state index in [1.807, 2.05) is 12.9 Å². The van der Waals surface area contributed by atoms with Crippen molar-refractivity contribution in [2.45, 2.75) is 26.0 Å². The van der Waals surface area contributed by atoms with Crippen LogP contribution in [0.4, 0.5) is 5.69 Å². The van der Waals surface area contributed by atoms with Gasteiger partial charge in [-0.05, 0) is 24.6 Å². The third kappa shape index (κ3) is 4.69. The number of nitrogens with zero attached hydrogens (tertiary/aromatic N) is 5. The van der Waals surface area contributed by atoms with Crippen molar-refractivity contribution in [2.24, 2.45) is 0 Å². The molecule has 1 atom stereocenters. The summed E-state index contributed by atoms with van der Waals surface area (Å²) in [6.45, 7) is 2.54. The maximum absolute atomic E-state index is 13.0. The number of fused-ring (bicyclic) bond motifs is 1. The average Bonchev–Trinajstić information content (AvgIpc) is 3.46. The summed E-state index contributed by atoms with van der Waals surface area (Å²) < 4.78 is 12.7. The van der Waals surface area contributed by atoms with Gasteiger partial charge in [0.1, 0.15) is 17.9 Å². The van der Waals surface area contributed by atoms with Crippen molar-refractivity contribution >= 4 is 17.7 Å². The summed E-state index contributed by atoms with van der Waals surface area (Å²) in [5, 5.41) is 4.08. The van der Waals surface area contributed by atoms with Gasteiger partial charge in [0.05, 0.1) is 18.1 Å². The quantitative estimate of drug-likeness (QED) is 0.279. The summed E-state index contributed by atoms with van der Waals surface area (Å²) in [7, 11) is 1.63. The molecular weight excluding hydrogens is 449 g/mol. The topological polar surface area (TPSA) is 103 Å². The van der Waals surface area contributed by atoms with Crippen LogP contribution < -0.4 is 61.8 Å². The number of hydrogen-bond donors (Lipinski definition) is 0. The number of carbonyl (C=O) groups excluding carboxylic acids is 1. The van der Waals surface area contributed by atoms with E-state index in [0.29, 0.717) is 30.2 Å². The molecule has 1 fully saturated rings. The van der Waals surface area contributed by atoms with Crippen LogP contribution in [0.1, 0.15) is 41.1 Å². The predicted octanol–water partition coefficient (Wildman–Crippen LogP) is -0.750. The standard InChI is InChI=1S/C23H20N5O4.K/c1-14-3-5-15(6-4-14)19-9-16(12-31-19)22-25-20(32-26-22)10-28-13-24-18-8-7-17(11-29)27(2)21(18)23(28)30;/h3-8,13,19H,9-10,12H2,1-2H3;/q-1;+1/t19-;/m1./s1. The van der Waals surface area contributed by atoms with Gasteiger partial charge in [0.25, 0.3) is 5.56 Å². The van der Waals surface area contributed by atoms with Gasteiger partial charge in [-0.2, -0.15) is 0 Å². The van der Waals surface area contributed by atoms with Crippen molar-refractivity contribution in [3.63, 3.8) is 0 Å². The van der Waals surface area contributed by atoms with E-state index in [1.165, 1.54) is 21.4 Å². The Hall–Kier alpha value is -2.30. The zero-order valence-corrected chi connectivity index (χ0v) is 21.7. The van der Waals surface area contributed by atoms with Crippen LogP contribution in [-0.4, -0.2) is 39.3 Å². The zero-order chi connectivity index (χ0) is 22.2. The van der Waals surface area contributed by atoms with Gasteiger partial charge in [0.15, 0.2) is 5.94 Å². The van der Waals surface area contributed by atoms with E-state index in [4.69, 9.17) is 9.26 Å². The Morgan fingerprint density at radius 2 is 2.03 bits per heavy atom. The first-order valence-electron chi connectivity index (χ1n) is 10.2. The summed E-state index contributed by atoms with van der Waals surface area (Å²) in [5.74, 6) is 3.54. The van der Waals surface area contributed by atoms with Crippen LogP contribution in [0.2, 0.25) is 0 Å². The fraction of sp³-hybridized carbons (Fsp3) is 0.261. The second-order valence-electron chi connectivity index (χ2n) is 7.82. The molecule has 10 heteroatoms. The van der Waals surface area contributed by atoms with Crippen LogP contribution in [0.25, 0.3) is 6.08 Å². The van der Waals surface area contributed by atoms with Gasteiger partial charge in [0, 0.05) is 12.9 Å². The first kappa shape index (κ1) is 23.8. The molecule has 0 aliphatic carbocycles. The molecule has 162 valence electrons. The fourth-order valence-electron chi connectivity index (χ4n) is 3.84. The van der Waals surface area contributed by atoms with Crippen LogP contribution >= 0.6 is 0 Å². The molecule has 0 radical (unpaired) electrons. The van der Waals surface area contributed by atoms with E-state index in [2.05, 4.69) is 39.4 Å². The van der Waals surface area contributed by atoms with Crippen molar-refractivity contribution in [1.29, 1.82) is 0 Å². The molecule has 9 nitrogen and oxygen atoms in total. The Balaban J connectivity index is 0.00000259. The minimum atomic E-state index is -0.314. The van der Waals surface area contributed by atoms with E-state index < -0.39 is 0 Å². The fourth-order valence-corrected chi connectivity index (χ4v) is 3.84. The van der Waals surface area contributed by atoms with Crippen LogP contribution in [0.5, 0.6) is 0 Å². The molecule has 5 rings (SSSR count). The molecule has 0 spiro atoms. The minimum Gasteiger partial charge on any atom is -0.405 e. The first-order valence-corrected chi connectivity index (χ1v) is 10.2. The maximum atomic E-state index is 13.0. The number of hydrogen-bond acceptors (Lipinski definition) is 8. The number of ether oxygens (including phenoxy) is 1. The predicted molar refractivity (Wildman–Crippen MR) is 115 cm³/mol. The molecule has 0 amide bonds. The van der Waals surface area contributed by atoms with Crippen molar-refractivity contribution < 1.29 is 65.4 Å². The summed E-state index contributed by atoms with van der Waals surface area (Å²) in [6, 6.07) is 8.26. The molecule has 4 heterocycles. The third-order valence-electron chi connectivity index (χ3n) is 5.67. The zero-order valence-electron chi connectivity index (χ0n) is 18.6. The van der Waals surface area contributed by atoms with Crippen molar-refractivity contribution in [3.8, 4) is 0 Å². The van der Waals surface area contributed by atoms with Gasteiger partial charge in [-0.1, -0.05) is 41.6 Å². The molecule has 3 aromatic rings. The van der Waals surface area contributed by atoms with Gasteiger partial charge in [-0.25, -0.2) is 14.8 Å². The number of rotatable bonds is 4. The van der Waals surface area contributed by atoms with Gasteiger partial charge >= 0.3 is 51.4 Å². The Morgan fingerprint density at radius 1 is 1.24 bits per heavy atom. The summed E-state index contributed by atoms with van der Waals surface area (Å²) in [5.41, 5.74) is 3.04. The number of aryl methyl sites for hydroxylation is 1. The van der Waals surface area contributed by atoms with Gasteiger partial charge in [0.2, 0.25) is 5.89 Å². The minimum absolute atomic E-state index is 0. The van der Waals surface area contributed by atoms with Crippen LogP contribution in [0, 0.1) is 12.8 Å². The normalized spacial score (nSPS) is 17.0. The van der Waals surface area contributed by atoms with E-state index >= 15 is 0 Å². The van der Waals surface area contributed by atoms with Crippen LogP contribution in [0.3, 0.4) is 0 Å². The van der Waals surface area contributed by atoms with E-state index in [9.17, 15) is 9.59 Å². The molecule has 0 saturated carbocycles. The van der Waals surface area contributed by atoms with Gasteiger partial charge < -0.3 is 14.2 Å². The molecule has 1 saturated heterocycles. The van der Waals surface area contributed by atoms with Crippen molar-refractivity contribution in [2.75, 3.05) is 18.6 Å². The molecule has 2 aliphatic heterocycles. The molecular formula is C23H20KN5O4. The molecule has 1 aromatic carbocycles. The number of anilines is 1. The Labute approximate surface area is 232 Å². The molecule has 2 aliphatic rings. The van der Waals surface area contributed by atoms with Crippen molar-refractivity contribution in [3.05, 3.63) is 87.2 Å². The summed E-state index contributed by atoms with van der Waals surface area (Å²) >= 11 is 0. The Bertz CT molecular complexity index is 1310. The maximum Gasteiger partial charge on any atom is 1.00 e. The molecule has 0 N–H and O–H groups in total. The largest absolute Gasteiger partial charge is 1.00 e. The van der Waals surface area contributed by atoms with E-state index in [1.54, 1.807) is 19.2 Å². The number of benzene rings is 1. The Morgan fingerprint density at radius 3 is 2.79 bits per heavy atom. The molecule has 2 aromatic heterocycles. The van der Waals surface area contributed by atoms with E-state index in [0.717, 1.165) is 11.5 Å². The molecule has 33 heavy (non-hydrogen) atoms. The molecule has 0 bridgehead atoms. The van der Waals surface area contributed by atoms with Gasteiger partial charge in [-0.3, -0.25) is 15.3 Å². The average molecular weight is 470 g/mol. The second kappa shape index (κ2) is 9.90. The second-order valence-corrected chi connectivity index (χ2v) is 7.82. The molecule has 0 unspecified atom stereocenters. The first-order chi connectivity index (χ1) is 15.5. The van der Waals surface area contributed by atoms with Crippen LogP contribution in [0.15, 0.2) is 51.7 Å². The van der Waals surface area contributed by atoms with Crippen LogP contribution in [-0.2, 0) is 16.1 Å². The summed E-state index contributed by atoms with van der Waals surface area (Å²) in [6.07, 6.45) is 5.26. The third-order valence-corrected chi connectivity index (χ3v) is 5.67. The smallest absolute Gasteiger partial charge is 0.405 e. The SMILES string of the molecule is Cc1ccc([C@H]2C[C-](c3noc(Cn4cnc5c(c4=O)N(C)C(=C=O)C=C5)n3)CO2)cc1.[K+]. The van der Waals surface area contributed by atoms with E-state index in [-0.39, 0.29) is 81.2 Å². The number of aromatic nitrogens is 4. The number of likely N-dealkylation sites (N-methyl/N-ethyl adjacent to an activating group) is 1. The van der Waals surface area contributed by atoms with Gasteiger partial charge in [-0.15, -0.1) is 6.42 Å². The Kier molecular flexibility index (Phi) is 7.15.